The predicted molar refractivity (Wildman–Crippen MR) is 166 cm³/mol. The minimum absolute atomic E-state index is 0.109. The number of rotatable bonds is 9. The van der Waals surface area contributed by atoms with E-state index in [2.05, 4.69) is 26.5 Å². The Morgan fingerprint density at radius 2 is 1.38 bits per heavy atom. The van der Waals surface area contributed by atoms with Crippen molar-refractivity contribution in [1.82, 2.24) is 5.32 Å². The van der Waals surface area contributed by atoms with Crippen LogP contribution in [-0.2, 0) is 0 Å². The van der Waals surface area contributed by atoms with Crippen molar-refractivity contribution >= 4 is 28.9 Å². The lowest BCUT2D eigenvalue weighted by atomic mass is 9.95. The van der Waals surface area contributed by atoms with Gasteiger partial charge in [-0.25, -0.2) is 0 Å². The molecule has 0 bridgehead atoms. The Bertz CT molecular complexity index is 1400. The van der Waals surface area contributed by atoms with E-state index in [0.717, 1.165) is 69.0 Å². The van der Waals surface area contributed by atoms with Gasteiger partial charge in [-0.3, -0.25) is 9.59 Å². The number of carbonyl (C=O) groups excluding carboxylic acids is 2. The zero-order valence-corrected chi connectivity index (χ0v) is 24.7. The quantitative estimate of drug-likeness (QED) is 0.357. The molecule has 3 aromatic carbocycles. The van der Waals surface area contributed by atoms with Crippen molar-refractivity contribution in [2.75, 3.05) is 62.6 Å². The van der Waals surface area contributed by atoms with Gasteiger partial charge in [0.2, 0.25) is 0 Å². The Morgan fingerprint density at radius 3 is 2.07 bits per heavy atom. The number of nitrogens with zero attached hydrogens (tertiary/aromatic N) is 2. The molecule has 5 rings (SSSR count). The highest BCUT2D eigenvalue weighted by molar-refractivity contribution is 6.08. The number of hydrogen-bond donors (Lipinski definition) is 2. The van der Waals surface area contributed by atoms with E-state index in [1.165, 1.54) is 13.5 Å². The molecule has 3 aromatic rings. The molecule has 1 heterocycles. The third-order valence-corrected chi connectivity index (χ3v) is 8.14. The van der Waals surface area contributed by atoms with Crippen LogP contribution in [0, 0.1) is 0 Å². The Morgan fingerprint density at radius 1 is 0.690 bits per heavy atom. The van der Waals surface area contributed by atoms with Crippen molar-refractivity contribution in [3.05, 3.63) is 71.8 Å². The van der Waals surface area contributed by atoms with Gasteiger partial charge in [0.15, 0.2) is 0 Å². The van der Waals surface area contributed by atoms with Crippen molar-refractivity contribution < 1.29 is 23.8 Å². The molecule has 222 valence electrons. The lowest BCUT2D eigenvalue weighted by Crippen LogP contribution is -2.47. The monoisotopic (exact) mass is 572 g/mol. The van der Waals surface area contributed by atoms with Crippen molar-refractivity contribution in [3.8, 4) is 17.2 Å². The van der Waals surface area contributed by atoms with E-state index in [0.29, 0.717) is 28.3 Å². The standard InChI is InChI=1S/C33H40N4O5/c1-40-25-14-15-26(31(22-25)42-3)32(38)35-24-13-16-28(27(21-24)33(39)34-23-9-5-4-6-10-23)36-17-19-37(20-18-36)29-11-7-8-12-30(29)41-2/h7-8,11-16,21-23H,4-6,9-10,17-20H2,1-3H3,(H,34,39)(H,35,38). The normalized spacial score (nSPS) is 15.6. The highest BCUT2D eigenvalue weighted by Crippen LogP contribution is 2.32. The maximum Gasteiger partial charge on any atom is 0.259 e. The van der Waals surface area contributed by atoms with E-state index >= 15 is 0 Å². The van der Waals surface area contributed by atoms with Gasteiger partial charge in [0.1, 0.15) is 17.2 Å². The first-order chi connectivity index (χ1) is 20.5. The fraction of sp³-hybridized carbons (Fsp3) is 0.394. The number of methoxy groups -OCH3 is 3. The maximum atomic E-state index is 13.7. The second-order valence-corrected chi connectivity index (χ2v) is 10.7. The smallest absolute Gasteiger partial charge is 0.259 e. The molecule has 9 nitrogen and oxygen atoms in total. The topological polar surface area (TPSA) is 92.4 Å². The van der Waals surface area contributed by atoms with Crippen LogP contribution in [0.5, 0.6) is 17.2 Å². The summed E-state index contributed by atoms with van der Waals surface area (Å²) < 4.78 is 16.3. The van der Waals surface area contributed by atoms with Crippen molar-refractivity contribution in [3.63, 3.8) is 0 Å². The molecule has 2 aliphatic rings. The Hall–Kier alpha value is -4.40. The van der Waals surface area contributed by atoms with Crippen molar-refractivity contribution in [2.45, 2.75) is 38.1 Å². The number of para-hydroxylation sites is 2. The molecule has 1 aliphatic carbocycles. The molecule has 1 aliphatic heterocycles. The number of ether oxygens (including phenoxy) is 3. The second kappa shape index (κ2) is 13.5. The van der Waals surface area contributed by atoms with Crippen LogP contribution in [0.2, 0.25) is 0 Å². The highest BCUT2D eigenvalue weighted by atomic mass is 16.5. The number of carbonyl (C=O) groups is 2. The van der Waals surface area contributed by atoms with Crippen LogP contribution in [0.3, 0.4) is 0 Å². The third kappa shape index (κ3) is 6.56. The average Bonchev–Trinajstić information content (AvgIpc) is 3.04. The van der Waals surface area contributed by atoms with Gasteiger partial charge in [0.05, 0.1) is 38.1 Å². The van der Waals surface area contributed by atoms with Gasteiger partial charge in [-0.15, -0.1) is 0 Å². The number of hydrogen-bond acceptors (Lipinski definition) is 7. The first-order valence-corrected chi connectivity index (χ1v) is 14.6. The number of benzene rings is 3. The number of nitrogens with one attached hydrogen (secondary N) is 2. The van der Waals surface area contributed by atoms with Crippen LogP contribution < -0.4 is 34.6 Å². The van der Waals surface area contributed by atoms with E-state index in [-0.39, 0.29) is 17.9 Å². The van der Waals surface area contributed by atoms with Crippen LogP contribution >= 0.6 is 0 Å². The van der Waals surface area contributed by atoms with E-state index < -0.39 is 0 Å². The van der Waals surface area contributed by atoms with Gasteiger partial charge in [-0.2, -0.15) is 0 Å². The Kier molecular flexibility index (Phi) is 9.36. The molecule has 1 saturated heterocycles. The summed E-state index contributed by atoms with van der Waals surface area (Å²) in [6, 6.07) is 18.9. The zero-order valence-electron chi connectivity index (χ0n) is 24.7. The largest absolute Gasteiger partial charge is 0.497 e. The number of anilines is 3. The summed E-state index contributed by atoms with van der Waals surface area (Å²) in [5.41, 5.74) is 3.42. The SMILES string of the molecule is COc1ccc(C(=O)Nc2ccc(N3CCN(c4ccccc4OC)CC3)c(C(=O)NC3CCCCC3)c2)c(OC)c1. The van der Waals surface area contributed by atoms with E-state index in [1.807, 2.05) is 30.3 Å². The molecule has 1 saturated carbocycles. The molecule has 2 fully saturated rings. The van der Waals surface area contributed by atoms with Crippen LogP contribution in [0.1, 0.15) is 52.8 Å². The molecule has 2 amide bonds. The summed E-state index contributed by atoms with van der Waals surface area (Å²) in [5, 5.41) is 6.23. The summed E-state index contributed by atoms with van der Waals surface area (Å²) in [4.78, 5) is 31.5. The molecule has 0 unspecified atom stereocenters. The lowest BCUT2D eigenvalue weighted by molar-refractivity contribution is 0.0927. The molecule has 9 heteroatoms. The maximum absolute atomic E-state index is 13.7. The van der Waals surface area contributed by atoms with Gasteiger partial charge in [0, 0.05) is 49.7 Å². The highest BCUT2D eigenvalue weighted by Gasteiger charge is 2.26. The second-order valence-electron chi connectivity index (χ2n) is 10.7. The number of piperazine rings is 1. The molecule has 0 atom stereocenters. The molecule has 0 aromatic heterocycles. The van der Waals surface area contributed by atoms with Crippen LogP contribution in [0.15, 0.2) is 60.7 Å². The van der Waals surface area contributed by atoms with E-state index in [1.54, 1.807) is 38.5 Å². The van der Waals surface area contributed by atoms with E-state index in [9.17, 15) is 9.59 Å². The number of amides is 2. The molecule has 0 radical (unpaired) electrons. The Labute approximate surface area is 247 Å². The average molecular weight is 573 g/mol. The summed E-state index contributed by atoms with van der Waals surface area (Å²) >= 11 is 0. The summed E-state index contributed by atoms with van der Waals surface area (Å²) in [6.45, 7) is 3.08. The zero-order chi connectivity index (χ0) is 29.5. The first-order valence-electron chi connectivity index (χ1n) is 14.6. The molecule has 2 N–H and O–H groups in total. The molecular weight excluding hydrogens is 532 g/mol. The lowest BCUT2D eigenvalue weighted by Gasteiger charge is -2.38. The molecular formula is C33H40N4O5. The minimum atomic E-state index is -0.327. The summed E-state index contributed by atoms with van der Waals surface area (Å²) in [7, 11) is 4.77. The molecule has 0 spiro atoms. The van der Waals surface area contributed by atoms with Crippen LogP contribution in [0.25, 0.3) is 0 Å². The van der Waals surface area contributed by atoms with Gasteiger partial charge in [-0.05, 0) is 55.3 Å². The fourth-order valence-electron chi connectivity index (χ4n) is 5.85. The fourth-order valence-corrected chi connectivity index (χ4v) is 5.85. The van der Waals surface area contributed by atoms with Gasteiger partial charge >= 0.3 is 0 Å². The van der Waals surface area contributed by atoms with Crippen molar-refractivity contribution in [2.24, 2.45) is 0 Å². The third-order valence-electron chi connectivity index (χ3n) is 8.14. The van der Waals surface area contributed by atoms with Crippen LogP contribution in [0.4, 0.5) is 17.1 Å². The van der Waals surface area contributed by atoms with Crippen LogP contribution in [-0.4, -0.2) is 65.4 Å². The van der Waals surface area contributed by atoms with Crippen molar-refractivity contribution in [1.29, 1.82) is 0 Å². The predicted octanol–water partition coefficient (Wildman–Crippen LogP) is 5.35. The minimum Gasteiger partial charge on any atom is -0.497 e. The first kappa shape index (κ1) is 29.1. The van der Waals surface area contributed by atoms with E-state index in [4.69, 9.17) is 14.2 Å². The molecule has 42 heavy (non-hydrogen) atoms. The summed E-state index contributed by atoms with van der Waals surface area (Å²) in [5.74, 6) is 1.42. The van der Waals surface area contributed by atoms with Gasteiger partial charge < -0.3 is 34.6 Å². The summed E-state index contributed by atoms with van der Waals surface area (Å²) in [6.07, 6.45) is 5.45. The van der Waals surface area contributed by atoms with Gasteiger partial charge in [-0.1, -0.05) is 31.4 Å². The van der Waals surface area contributed by atoms with Gasteiger partial charge in [0.25, 0.3) is 11.8 Å². The Balaban J connectivity index is 1.38.